The third-order valence-electron chi connectivity index (χ3n) is 3.21. The Labute approximate surface area is 78.9 Å². The number of aliphatic hydroxyl groups is 1. The van der Waals surface area contributed by atoms with Gasteiger partial charge < -0.3 is 5.11 Å². The molecular weight excluding hydrogens is 168 g/mol. The van der Waals surface area contributed by atoms with Gasteiger partial charge in [0, 0.05) is 4.75 Å². The summed E-state index contributed by atoms with van der Waals surface area (Å²) >= 11 is 1.97. The smallest absolute Gasteiger partial charge is 0.0686 e. The van der Waals surface area contributed by atoms with Crippen molar-refractivity contribution in [2.24, 2.45) is 5.92 Å². The molecule has 1 N–H and O–H groups in total. The van der Waals surface area contributed by atoms with Crippen LogP contribution in [0, 0.1) is 5.92 Å². The van der Waals surface area contributed by atoms with Crippen LogP contribution in [0.2, 0.25) is 0 Å². The molecule has 1 saturated heterocycles. The zero-order chi connectivity index (χ0) is 8.60. The van der Waals surface area contributed by atoms with Crippen molar-refractivity contribution in [3.05, 3.63) is 0 Å². The summed E-state index contributed by atoms with van der Waals surface area (Å²) in [6.07, 6.45) is 6.24. The van der Waals surface area contributed by atoms with Crippen LogP contribution in [0.4, 0.5) is 0 Å². The van der Waals surface area contributed by atoms with E-state index in [1.54, 1.807) is 0 Å². The molecule has 2 aliphatic rings. The molecule has 1 heterocycles. The standard InChI is InChI=1S/C10H18OS/c1-10(5-2-6-12-10)9(11)7-8-3-4-8/h8-9,11H,2-7H2,1H3. The zero-order valence-corrected chi connectivity index (χ0v) is 8.57. The Bertz CT molecular complexity index is 159. The van der Waals surface area contributed by atoms with Gasteiger partial charge in [0.25, 0.3) is 0 Å². The van der Waals surface area contributed by atoms with Gasteiger partial charge in [-0.1, -0.05) is 12.8 Å². The molecule has 2 heteroatoms. The van der Waals surface area contributed by atoms with E-state index in [1.165, 1.54) is 31.4 Å². The van der Waals surface area contributed by atoms with Gasteiger partial charge in [-0.3, -0.25) is 0 Å². The first-order valence-electron chi connectivity index (χ1n) is 5.03. The highest BCUT2D eigenvalue weighted by Crippen LogP contribution is 2.45. The fourth-order valence-corrected chi connectivity index (χ4v) is 3.31. The van der Waals surface area contributed by atoms with E-state index < -0.39 is 0 Å². The summed E-state index contributed by atoms with van der Waals surface area (Å²) in [6, 6.07) is 0. The second-order valence-electron chi connectivity index (χ2n) is 4.46. The summed E-state index contributed by atoms with van der Waals surface area (Å²) in [5.41, 5.74) is 0. The lowest BCUT2D eigenvalue weighted by Gasteiger charge is -2.29. The number of hydrogen-bond acceptors (Lipinski definition) is 2. The molecule has 12 heavy (non-hydrogen) atoms. The van der Waals surface area contributed by atoms with E-state index in [0.717, 1.165) is 12.3 Å². The van der Waals surface area contributed by atoms with Crippen LogP contribution in [0.3, 0.4) is 0 Å². The summed E-state index contributed by atoms with van der Waals surface area (Å²) in [4.78, 5) is 0. The van der Waals surface area contributed by atoms with Crippen molar-refractivity contribution in [2.45, 2.75) is 49.9 Å². The van der Waals surface area contributed by atoms with Crippen molar-refractivity contribution in [2.75, 3.05) is 5.75 Å². The molecule has 1 saturated carbocycles. The molecule has 2 atom stereocenters. The highest BCUT2D eigenvalue weighted by molar-refractivity contribution is 8.00. The minimum Gasteiger partial charge on any atom is -0.392 e. The summed E-state index contributed by atoms with van der Waals surface area (Å²) < 4.78 is 0.197. The first-order valence-corrected chi connectivity index (χ1v) is 6.01. The van der Waals surface area contributed by atoms with Crippen LogP contribution in [0.5, 0.6) is 0 Å². The lowest BCUT2D eigenvalue weighted by atomic mass is 9.95. The molecule has 2 unspecified atom stereocenters. The molecule has 1 aliphatic heterocycles. The highest BCUT2D eigenvalue weighted by Gasteiger charge is 2.39. The normalized spacial score (nSPS) is 38.5. The van der Waals surface area contributed by atoms with Crippen molar-refractivity contribution >= 4 is 11.8 Å². The van der Waals surface area contributed by atoms with Crippen molar-refractivity contribution in [1.29, 1.82) is 0 Å². The van der Waals surface area contributed by atoms with Crippen LogP contribution in [-0.4, -0.2) is 21.7 Å². The molecule has 0 amide bonds. The maximum absolute atomic E-state index is 10.00. The lowest BCUT2D eigenvalue weighted by molar-refractivity contribution is 0.118. The molecule has 0 bridgehead atoms. The quantitative estimate of drug-likeness (QED) is 0.730. The lowest BCUT2D eigenvalue weighted by Crippen LogP contribution is -2.33. The van der Waals surface area contributed by atoms with Gasteiger partial charge in [0.1, 0.15) is 0 Å². The number of hydrogen-bond donors (Lipinski definition) is 1. The van der Waals surface area contributed by atoms with Crippen LogP contribution < -0.4 is 0 Å². The van der Waals surface area contributed by atoms with Crippen molar-refractivity contribution in [1.82, 2.24) is 0 Å². The second kappa shape index (κ2) is 3.22. The Morgan fingerprint density at radius 2 is 2.33 bits per heavy atom. The number of aliphatic hydroxyl groups excluding tert-OH is 1. The highest BCUT2D eigenvalue weighted by atomic mass is 32.2. The third kappa shape index (κ3) is 1.80. The topological polar surface area (TPSA) is 20.2 Å². The van der Waals surface area contributed by atoms with Crippen LogP contribution >= 0.6 is 11.8 Å². The Balaban J connectivity index is 1.87. The van der Waals surface area contributed by atoms with Crippen molar-refractivity contribution in [3.8, 4) is 0 Å². The molecule has 0 aromatic heterocycles. The number of thioether (sulfide) groups is 1. The minimum absolute atomic E-state index is 0.0440. The summed E-state index contributed by atoms with van der Waals surface area (Å²) in [5.74, 6) is 2.11. The van der Waals surface area contributed by atoms with Gasteiger partial charge in [-0.05, 0) is 37.9 Å². The second-order valence-corrected chi connectivity index (χ2v) is 6.09. The predicted octanol–water partition coefficient (Wildman–Crippen LogP) is 2.43. The maximum atomic E-state index is 10.00. The number of rotatable bonds is 3. The zero-order valence-electron chi connectivity index (χ0n) is 7.75. The van der Waals surface area contributed by atoms with E-state index in [-0.39, 0.29) is 10.9 Å². The average Bonchev–Trinajstić information content (AvgIpc) is 2.73. The largest absolute Gasteiger partial charge is 0.392 e. The SMILES string of the molecule is CC1(C(O)CC2CC2)CCCS1. The molecule has 0 aromatic carbocycles. The van der Waals surface area contributed by atoms with Crippen LogP contribution in [0.25, 0.3) is 0 Å². The fraction of sp³-hybridized carbons (Fsp3) is 1.00. The fourth-order valence-electron chi connectivity index (χ4n) is 1.98. The monoisotopic (exact) mass is 186 g/mol. The van der Waals surface area contributed by atoms with Gasteiger partial charge in [0.2, 0.25) is 0 Å². The molecular formula is C10H18OS. The Morgan fingerprint density at radius 3 is 2.83 bits per heavy atom. The summed E-state index contributed by atoms with van der Waals surface area (Å²) in [6.45, 7) is 2.23. The van der Waals surface area contributed by atoms with E-state index >= 15 is 0 Å². The van der Waals surface area contributed by atoms with Crippen molar-refractivity contribution in [3.63, 3.8) is 0 Å². The van der Waals surface area contributed by atoms with Gasteiger partial charge in [-0.2, -0.15) is 11.8 Å². The van der Waals surface area contributed by atoms with E-state index in [9.17, 15) is 5.11 Å². The molecule has 2 fully saturated rings. The first-order chi connectivity index (χ1) is 5.71. The molecule has 0 aromatic rings. The van der Waals surface area contributed by atoms with Crippen LogP contribution in [-0.2, 0) is 0 Å². The van der Waals surface area contributed by atoms with Crippen LogP contribution in [0.15, 0.2) is 0 Å². The summed E-state index contributed by atoms with van der Waals surface area (Å²) in [7, 11) is 0. The Hall–Kier alpha value is 0.310. The van der Waals surface area contributed by atoms with E-state index in [4.69, 9.17) is 0 Å². The van der Waals surface area contributed by atoms with Crippen molar-refractivity contribution < 1.29 is 5.11 Å². The molecule has 0 spiro atoms. The molecule has 2 rings (SSSR count). The predicted molar refractivity (Wildman–Crippen MR) is 53.4 cm³/mol. The van der Waals surface area contributed by atoms with E-state index in [0.29, 0.717) is 0 Å². The van der Waals surface area contributed by atoms with Crippen LogP contribution in [0.1, 0.15) is 39.0 Å². The van der Waals surface area contributed by atoms with Gasteiger partial charge >= 0.3 is 0 Å². The van der Waals surface area contributed by atoms with E-state index in [1.807, 2.05) is 11.8 Å². The first kappa shape index (κ1) is 8.89. The van der Waals surface area contributed by atoms with Gasteiger partial charge in [0.05, 0.1) is 6.10 Å². The molecule has 1 aliphatic carbocycles. The van der Waals surface area contributed by atoms with E-state index in [2.05, 4.69) is 6.92 Å². The average molecular weight is 186 g/mol. The Morgan fingerprint density at radius 1 is 1.58 bits per heavy atom. The minimum atomic E-state index is -0.0440. The summed E-state index contributed by atoms with van der Waals surface area (Å²) in [5, 5.41) is 10.00. The molecule has 70 valence electrons. The van der Waals surface area contributed by atoms with Gasteiger partial charge in [-0.25, -0.2) is 0 Å². The maximum Gasteiger partial charge on any atom is 0.0686 e. The van der Waals surface area contributed by atoms with Gasteiger partial charge in [-0.15, -0.1) is 0 Å². The Kier molecular flexibility index (Phi) is 2.39. The molecule has 1 nitrogen and oxygen atoms in total. The third-order valence-corrected chi connectivity index (χ3v) is 4.84. The molecule has 0 radical (unpaired) electrons. The van der Waals surface area contributed by atoms with Gasteiger partial charge in [0.15, 0.2) is 0 Å².